The van der Waals surface area contributed by atoms with Crippen LogP contribution in [0.4, 0.5) is 10.2 Å². The lowest BCUT2D eigenvalue weighted by atomic mass is 10.0. The molecule has 9 heteroatoms. The van der Waals surface area contributed by atoms with E-state index in [0.717, 1.165) is 23.9 Å². The Morgan fingerprint density at radius 3 is 2.64 bits per heavy atom. The number of nitrogens with zero attached hydrogens (tertiary/aromatic N) is 5. The van der Waals surface area contributed by atoms with E-state index in [2.05, 4.69) is 37.2 Å². The summed E-state index contributed by atoms with van der Waals surface area (Å²) in [5.74, 6) is 0.581. The van der Waals surface area contributed by atoms with Crippen molar-refractivity contribution in [2.45, 2.75) is 0 Å². The van der Waals surface area contributed by atoms with E-state index < -0.39 is 5.82 Å². The second kappa shape index (κ2) is 8.87. The molecule has 0 atom stereocenters. The van der Waals surface area contributed by atoms with Crippen LogP contribution in [0.25, 0.3) is 22.2 Å². The fraction of sp³-hybridized carbons (Fsp3) is 0.208. The van der Waals surface area contributed by atoms with Gasteiger partial charge in [-0.05, 0) is 48.8 Å². The van der Waals surface area contributed by atoms with Gasteiger partial charge in [-0.15, -0.1) is 0 Å². The Balaban J connectivity index is 1.34. The zero-order valence-corrected chi connectivity index (χ0v) is 17.9. The number of benzene rings is 1. The molecule has 5 rings (SSSR count). The van der Waals surface area contributed by atoms with Crippen molar-refractivity contribution in [1.82, 2.24) is 24.8 Å². The molecule has 0 aliphatic carbocycles. The molecule has 4 aromatic rings. The van der Waals surface area contributed by atoms with Crippen LogP contribution in [0, 0.1) is 11.7 Å². The van der Waals surface area contributed by atoms with E-state index in [-0.39, 0.29) is 5.91 Å². The third-order valence-electron chi connectivity index (χ3n) is 5.43. The van der Waals surface area contributed by atoms with Gasteiger partial charge in [0.25, 0.3) is 5.91 Å². The summed E-state index contributed by atoms with van der Waals surface area (Å²) in [5.41, 5.74) is 1.56. The van der Waals surface area contributed by atoms with Gasteiger partial charge in [0.15, 0.2) is 0 Å². The normalized spacial score (nSPS) is 14.1. The average Bonchev–Trinajstić information content (AvgIpc) is 2.81. The monoisotopic (exact) mass is 444 g/mol. The Morgan fingerprint density at radius 2 is 1.85 bits per heavy atom. The number of ether oxygens (including phenoxy) is 1. The zero-order chi connectivity index (χ0) is 22.8. The Morgan fingerprint density at radius 1 is 1.06 bits per heavy atom. The van der Waals surface area contributed by atoms with Crippen LogP contribution in [0.15, 0.2) is 61.2 Å². The van der Waals surface area contributed by atoms with Gasteiger partial charge in [0.2, 0.25) is 5.88 Å². The molecular weight excluding hydrogens is 423 g/mol. The van der Waals surface area contributed by atoms with Crippen molar-refractivity contribution < 1.29 is 13.9 Å². The minimum absolute atomic E-state index is 0.342. The predicted molar refractivity (Wildman–Crippen MR) is 121 cm³/mol. The van der Waals surface area contributed by atoms with Crippen LogP contribution in [-0.2, 0) is 0 Å². The van der Waals surface area contributed by atoms with Gasteiger partial charge in [0.05, 0.1) is 24.7 Å². The van der Waals surface area contributed by atoms with E-state index >= 15 is 0 Å². The highest BCUT2D eigenvalue weighted by molar-refractivity contribution is 6.04. The average molecular weight is 444 g/mol. The summed E-state index contributed by atoms with van der Waals surface area (Å²) in [6.45, 7) is 2.65. The van der Waals surface area contributed by atoms with E-state index in [1.54, 1.807) is 30.9 Å². The first-order valence-corrected chi connectivity index (χ1v) is 10.5. The maximum Gasteiger partial charge on any atom is 0.256 e. The fourth-order valence-corrected chi connectivity index (χ4v) is 3.71. The number of carbonyl (C=O) groups is 1. The molecule has 1 saturated heterocycles. The molecule has 8 nitrogen and oxygen atoms in total. The number of hydrogen-bond donors (Lipinski definition) is 1. The van der Waals surface area contributed by atoms with Gasteiger partial charge in [-0.1, -0.05) is 0 Å². The highest BCUT2D eigenvalue weighted by Crippen LogP contribution is 2.23. The predicted octanol–water partition coefficient (Wildman–Crippen LogP) is 3.42. The zero-order valence-electron chi connectivity index (χ0n) is 17.9. The van der Waals surface area contributed by atoms with Crippen molar-refractivity contribution in [3.05, 3.63) is 72.6 Å². The van der Waals surface area contributed by atoms with Crippen molar-refractivity contribution in [1.29, 1.82) is 0 Å². The van der Waals surface area contributed by atoms with Gasteiger partial charge in [0.1, 0.15) is 17.3 Å². The maximum absolute atomic E-state index is 13.1. The molecule has 3 aromatic heterocycles. The molecular formula is C24H21FN6O2. The second-order valence-electron chi connectivity index (χ2n) is 8.09. The molecule has 1 amide bonds. The van der Waals surface area contributed by atoms with Crippen LogP contribution < -0.4 is 10.1 Å². The van der Waals surface area contributed by atoms with Gasteiger partial charge in [-0.3, -0.25) is 14.8 Å². The molecule has 0 saturated carbocycles. The van der Waals surface area contributed by atoms with Gasteiger partial charge in [-0.25, -0.2) is 14.4 Å². The van der Waals surface area contributed by atoms with Crippen molar-refractivity contribution >= 4 is 22.5 Å². The lowest BCUT2D eigenvalue weighted by molar-refractivity contribution is 0.0837. The summed E-state index contributed by atoms with van der Waals surface area (Å²) in [6, 6.07) is 8.94. The number of anilines is 1. The molecule has 1 aliphatic heterocycles. The van der Waals surface area contributed by atoms with Gasteiger partial charge < -0.3 is 15.0 Å². The highest BCUT2D eigenvalue weighted by atomic mass is 19.1. The number of pyridine rings is 2. The number of halogens is 1. The van der Waals surface area contributed by atoms with Crippen LogP contribution in [0.3, 0.4) is 0 Å². The van der Waals surface area contributed by atoms with E-state index in [1.165, 1.54) is 24.3 Å². The third kappa shape index (κ3) is 4.78. The molecule has 1 N–H and O–H groups in total. The van der Waals surface area contributed by atoms with E-state index in [9.17, 15) is 9.18 Å². The summed E-state index contributed by atoms with van der Waals surface area (Å²) in [4.78, 5) is 32.2. The van der Waals surface area contributed by atoms with Gasteiger partial charge in [0, 0.05) is 42.4 Å². The third-order valence-corrected chi connectivity index (χ3v) is 5.43. The van der Waals surface area contributed by atoms with Crippen molar-refractivity contribution in [2.24, 2.45) is 5.92 Å². The Bertz CT molecular complexity index is 1310. The first-order chi connectivity index (χ1) is 16.0. The summed E-state index contributed by atoms with van der Waals surface area (Å²) < 4.78 is 18.9. The number of nitrogens with one attached hydrogen (secondary N) is 1. The molecule has 1 aromatic carbocycles. The topological polar surface area (TPSA) is 93.1 Å². The number of carbonyl (C=O) groups excluding carboxylic acids is 1. The summed E-state index contributed by atoms with van der Waals surface area (Å²) in [6.07, 6.45) is 6.56. The van der Waals surface area contributed by atoms with Gasteiger partial charge >= 0.3 is 0 Å². The number of aromatic nitrogens is 4. The van der Waals surface area contributed by atoms with Crippen LogP contribution >= 0.6 is 0 Å². The quantitative estimate of drug-likeness (QED) is 0.487. The Labute approximate surface area is 189 Å². The Kier molecular flexibility index (Phi) is 5.62. The maximum atomic E-state index is 13.1. The van der Waals surface area contributed by atoms with E-state index in [0.29, 0.717) is 41.2 Å². The number of amides is 1. The fourth-order valence-electron chi connectivity index (χ4n) is 3.71. The smallest absolute Gasteiger partial charge is 0.256 e. The molecule has 33 heavy (non-hydrogen) atoms. The molecule has 166 valence electrons. The van der Waals surface area contributed by atoms with E-state index in [1.807, 2.05) is 6.07 Å². The molecule has 0 unspecified atom stereocenters. The first kappa shape index (κ1) is 20.9. The highest BCUT2D eigenvalue weighted by Gasteiger charge is 2.23. The Hall–Kier alpha value is -3.98. The minimum atomic E-state index is -0.399. The van der Waals surface area contributed by atoms with Crippen molar-refractivity contribution in [3.63, 3.8) is 0 Å². The number of rotatable bonds is 6. The van der Waals surface area contributed by atoms with Crippen molar-refractivity contribution in [3.8, 4) is 17.3 Å². The molecule has 0 radical (unpaired) electrons. The standard InChI is InChI=1S/C24H21FN6O2/c1-31-12-15(13-31)14-33-23-11-26-10-21(29-23)20-6-17-7-22(28-9-18(17)8-27-20)30-24(32)16-2-4-19(25)5-3-16/h2-11,15H,12-14H2,1H3,(H,28,30,32). The lowest BCUT2D eigenvalue weighted by Crippen LogP contribution is -2.46. The number of hydrogen-bond acceptors (Lipinski definition) is 7. The van der Waals surface area contributed by atoms with Crippen LogP contribution in [0.5, 0.6) is 5.88 Å². The minimum Gasteiger partial charge on any atom is -0.476 e. The van der Waals surface area contributed by atoms with Gasteiger partial charge in [-0.2, -0.15) is 0 Å². The number of fused-ring (bicyclic) bond motifs is 1. The SMILES string of the molecule is CN1CC(COc2cncc(-c3cc4cc(NC(=O)c5ccc(F)cc5)ncc4cn3)n2)C1. The lowest BCUT2D eigenvalue weighted by Gasteiger charge is -2.35. The largest absolute Gasteiger partial charge is 0.476 e. The summed E-state index contributed by atoms with van der Waals surface area (Å²) >= 11 is 0. The molecule has 1 aliphatic rings. The molecule has 1 fully saturated rings. The van der Waals surface area contributed by atoms with Crippen LogP contribution in [-0.4, -0.2) is 57.5 Å². The van der Waals surface area contributed by atoms with E-state index in [4.69, 9.17) is 4.74 Å². The van der Waals surface area contributed by atoms with Crippen molar-refractivity contribution in [2.75, 3.05) is 32.1 Å². The number of likely N-dealkylation sites (tertiary alicyclic amines) is 1. The second-order valence-corrected chi connectivity index (χ2v) is 8.09. The summed E-state index contributed by atoms with van der Waals surface area (Å²) in [7, 11) is 2.08. The molecule has 4 heterocycles. The molecule has 0 bridgehead atoms. The first-order valence-electron chi connectivity index (χ1n) is 10.5. The summed E-state index contributed by atoms with van der Waals surface area (Å²) in [5, 5.41) is 4.38. The molecule has 0 spiro atoms. The van der Waals surface area contributed by atoms with Crippen LogP contribution in [0.1, 0.15) is 10.4 Å². The van der Waals surface area contributed by atoms with Crippen LogP contribution in [0.2, 0.25) is 0 Å².